The van der Waals surface area contributed by atoms with Crippen molar-refractivity contribution < 1.29 is 19.1 Å². The van der Waals surface area contributed by atoms with Crippen molar-refractivity contribution >= 4 is 40.9 Å². The van der Waals surface area contributed by atoms with E-state index in [-0.39, 0.29) is 31.4 Å². The average molecular weight is 398 g/mol. The summed E-state index contributed by atoms with van der Waals surface area (Å²) in [7, 11) is 0. The number of thioether (sulfide) groups is 1. The molecule has 0 saturated heterocycles. The number of hydrogen-bond acceptors (Lipinski definition) is 5. The van der Waals surface area contributed by atoms with Gasteiger partial charge in [-0.3, -0.25) is 14.4 Å². The van der Waals surface area contributed by atoms with Crippen LogP contribution in [0.2, 0.25) is 0 Å². The van der Waals surface area contributed by atoms with Crippen LogP contribution in [0.3, 0.4) is 0 Å². The number of esters is 1. The van der Waals surface area contributed by atoms with Crippen molar-refractivity contribution in [1.29, 1.82) is 0 Å². The van der Waals surface area contributed by atoms with Crippen molar-refractivity contribution in [1.82, 2.24) is 0 Å². The number of nitrogens with zero attached hydrogens (tertiary/aromatic N) is 1. The second-order valence-corrected chi connectivity index (χ2v) is 7.54. The van der Waals surface area contributed by atoms with E-state index in [0.717, 1.165) is 27.4 Å². The minimum Gasteiger partial charge on any atom is -0.456 e. The number of anilines is 2. The van der Waals surface area contributed by atoms with E-state index in [1.165, 1.54) is 11.8 Å². The highest BCUT2D eigenvalue weighted by atomic mass is 32.2. The number of carbonyl (C=O) groups is 3. The van der Waals surface area contributed by atoms with Gasteiger partial charge in [-0.05, 0) is 37.1 Å². The fourth-order valence-corrected chi connectivity index (χ4v) is 3.94. The molecule has 2 aromatic rings. The first-order valence-corrected chi connectivity index (χ1v) is 9.98. The zero-order valence-electron chi connectivity index (χ0n) is 15.9. The van der Waals surface area contributed by atoms with Gasteiger partial charge in [-0.1, -0.05) is 30.3 Å². The van der Waals surface area contributed by atoms with Crippen molar-refractivity contribution in [2.45, 2.75) is 25.2 Å². The van der Waals surface area contributed by atoms with Gasteiger partial charge in [-0.25, -0.2) is 0 Å². The monoisotopic (exact) mass is 398 g/mol. The summed E-state index contributed by atoms with van der Waals surface area (Å²) in [5, 5.41) is 2.78. The Hall–Kier alpha value is -2.80. The Bertz CT molecular complexity index is 893. The fraction of sp³-hybridized carbons (Fsp3) is 0.286. The molecule has 1 aliphatic rings. The van der Waals surface area contributed by atoms with E-state index in [1.807, 2.05) is 56.3 Å². The van der Waals surface area contributed by atoms with Gasteiger partial charge in [-0.2, -0.15) is 0 Å². The largest absolute Gasteiger partial charge is 0.456 e. The zero-order chi connectivity index (χ0) is 20.1. The van der Waals surface area contributed by atoms with Gasteiger partial charge < -0.3 is 15.0 Å². The molecule has 6 nitrogen and oxygen atoms in total. The summed E-state index contributed by atoms with van der Waals surface area (Å²) in [5.41, 5.74) is 3.43. The lowest BCUT2D eigenvalue weighted by atomic mass is 10.1. The predicted molar refractivity (Wildman–Crippen MR) is 110 cm³/mol. The normalized spacial score (nSPS) is 13.1. The second kappa shape index (κ2) is 8.93. The highest BCUT2D eigenvalue weighted by molar-refractivity contribution is 8.00. The molecule has 7 heteroatoms. The molecule has 0 spiro atoms. The molecule has 146 valence electrons. The van der Waals surface area contributed by atoms with E-state index < -0.39 is 5.97 Å². The number of carbonyl (C=O) groups excluding carboxylic acids is 3. The standard InChI is InChI=1S/C21H22N2O4S/c1-14-6-5-7-15(2)21(14)22-18(24)12-27-20(26)10-11-23-16-8-3-4-9-17(16)28-13-19(23)25/h3-9H,10-13H2,1-2H3,(H,22,24). The van der Waals surface area contributed by atoms with Crippen LogP contribution in [0, 0.1) is 13.8 Å². The Morgan fingerprint density at radius 3 is 2.57 bits per heavy atom. The highest BCUT2D eigenvalue weighted by Crippen LogP contribution is 2.34. The average Bonchev–Trinajstić information content (AvgIpc) is 2.68. The molecule has 1 N–H and O–H groups in total. The molecule has 1 heterocycles. The number of aryl methyl sites for hydroxylation is 2. The van der Waals surface area contributed by atoms with Crippen LogP contribution in [0.25, 0.3) is 0 Å². The summed E-state index contributed by atoms with van der Waals surface area (Å²) < 4.78 is 5.08. The van der Waals surface area contributed by atoms with Gasteiger partial charge in [0.1, 0.15) is 0 Å². The summed E-state index contributed by atoms with van der Waals surface area (Å²) in [4.78, 5) is 38.9. The second-order valence-electron chi connectivity index (χ2n) is 6.53. The van der Waals surface area contributed by atoms with E-state index in [2.05, 4.69) is 5.32 Å². The molecule has 2 amide bonds. The lowest BCUT2D eigenvalue weighted by molar-refractivity contribution is -0.147. The number of benzene rings is 2. The van der Waals surface area contributed by atoms with Gasteiger partial charge >= 0.3 is 5.97 Å². The lowest BCUT2D eigenvalue weighted by Gasteiger charge is -2.28. The van der Waals surface area contributed by atoms with Gasteiger partial charge in [0.05, 0.1) is 17.9 Å². The molecule has 0 radical (unpaired) electrons. The first-order valence-electron chi connectivity index (χ1n) is 8.99. The molecule has 2 aromatic carbocycles. The third kappa shape index (κ3) is 4.72. The summed E-state index contributed by atoms with van der Waals surface area (Å²) in [6.45, 7) is 3.68. The van der Waals surface area contributed by atoms with Crippen LogP contribution in [0.4, 0.5) is 11.4 Å². The van der Waals surface area contributed by atoms with Crippen LogP contribution in [-0.4, -0.2) is 36.7 Å². The van der Waals surface area contributed by atoms with Gasteiger partial charge in [0, 0.05) is 17.1 Å². The number of rotatable bonds is 6. The Labute approximate surface area is 168 Å². The lowest BCUT2D eigenvalue weighted by Crippen LogP contribution is -2.37. The van der Waals surface area contributed by atoms with Gasteiger partial charge in [0.25, 0.3) is 5.91 Å². The van der Waals surface area contributed by atoms with E-state index >= 15 is 0 Å². The Morgan fingerprint density at radius 1 is 1.11 bits per heavy atom. The molecule has 3 rings (SSSR count). The molecule has 0 unspecified atom stereocenters. The van der Waals surface area contributed by atoms with E-state index in [4.69, 9.17) is 4.74 Å². The molecule has 0 bridgehead atoms. The van der Waals surface area contributed by atoms with Crippen molar-refractivity contribution in [3.8, 4) is 0 Å². The molecule has 1 aliphatic heterocycles. The van der Waals surface area contributed by atoms with Crippen molar-refractivity contribution in [3.05, 3.63) is 53.6 Å². The number of ether oxygens (including phenoxy) is 1. The quantitative estimate of drug-likeness (QED) is 0.756. The minimum atomic E-state index is -0.514. The van der Waals surface area contributed by atoms with Crippen LogP contribution in [0.5, 0.6) is 0 Å². The van der Waals surface area contributed by atoms with Gasteiger partial charge in [0.15, 0.2) is 6.61 Å². The Balaban J connectivity index is 1.50. The SMILES string of the molecule is Cc1cccc(C)c1NC(=O)COC(=O)CCN1C(=O)CSc2ccccc21. The van der Waals surface area contributed by atoms with Crippen molar-refractivity contribution in [3.63, 3.8) is 0 Å². The maximum atomic E-state index is 12.2. The topological polar surface area (TPSA) is 75.7 Å². The molecule has 0 saturated carbocycles. The number of hydrogen-bond donors (Lipinski definition) is 1. The van der Waals surface area contributed by atoms with E-state index in [9.17, 15) is 14.4 Å². The number of para-hydroxylation sites is 2. The third-order valence-electron chi connectivity index (χ3n) is 4.46. The smallest absolute Gasteiger partial charge is 0.308 e. The first kappa shape index (κ1) is 19.9. The molecule has 0 atom stereocenters. The van der Waals surface area contributed by atoms with Crippen molar-refractivity contribution in [2.24, 2.45) is 0 Å². The molecular formula is C21H22N2O4S. The van der Waals surface area contributed by atoms with Crippen LogP contribution < -0.4 is 10.2 Å². The van der Waals surface area contributed by atoms with Gasteiger partial charge in [-0.15, -0.1) is 11.8 Å². The summed E-state index contributed by atoms with van der Waals surface area (Å²) in [6.07, 6.45) is 0.0292. The van der Waals surface area contributed by atoms with Crippen LogP contribution in [0.1, 0.15) is 17.5 Å². The maximum absolute atomic E-state index is 12.2. The van der Waals surface area contributed by atoms with Crippen LogP contribution >= 0.6 is 11.8 Å². The highest BCUT2D eigenvalue weighted by Gasteiger charge is 2.25. The molecule has 28 heavy (non-hydrogen) atoms. The van der Waals surface area contributed by atoms with Gasteiger partial charge in [0.2, 0.25) is 5.91 Å². The number of amides is 2. The number of fused-ring (bicyclic) bond motifs is 1. The molecule has 0 aliphatic carbocycles. The molecule has 0 aromatic heterocycles. The Kier molecular flexibility index (Phi) is 6.36. The first-order chi connectivity index (χ1) is 13.5. The minimum absolute atomic E-state index is 0.0292. The number of nitrogens with one attached hydrogen (secondary N) is 1. The molecule has 0 fully saturated rings. The summed E-state index contributed by atoms with van der Waals surface area (Å²) in [6, 6.07) is 13.3. The Morgan fingerprint density at radius 2 is 1.82 bits per heavy atom. The third-order valence-corrected chi connectivity index (χ3v) is 5.51. The van der Waals surface area contributed by atoms with Crippen LogP contribution in [0.15, 0.2) is 47.4 Å². The maximum Gasteiger partial charge on any atom is 0.308 e. The van der Waals surface area contributed by atoms with Crippen molar-refractivity contribution in [2.75, 3.05) is 29.1 Å². The van der Waals surface area contributed by atoms with E-state index in [1.54, 1.807) is 4.90 Å². The summed E-state index contributed by atoms with van der Waals surface area (Å²) >= 11 is 1.49. The fourth-order valence-electron chi connectivity index (χ4n) is 3.01. The van der Waals surface area contributed by atoms with E-state index in [0.29, 0.717) is 5.75 Å². The molecular weight excluding hydrogens is 376 g/mol. The predicted octanol–water partition coefficient (Wildman–Crippen LogP) is 3.31. The summed E-state index contributed by atoms with van der Waals surface area (Å²) in [5.74, 6) is -0.587. The zero-order valence-corrected chi connectivity index (χ0v) is 16.7. The van der Waals surface area contributed by atoms with Crippen LogP contribution in [-0.2, 0) is 19.1 Å².